The zero-order valence-electron chi connectivity index (χ0n) is 7.60. The molecule has 2 rings (SSSR count). The van der Waals surface area contributed by atoms with Crippen molar-refractivity contribution in [3.8, 4) is 11.3 Å². The highest BCUT2D eigenvalue weighted by atomic mass is 35.5. The monoisotopic (exact) mass is 209 g/mol. The van der Waals surface area contributed by atoms with Gasteiger partial charge >= 0.3 is 0 Å². The van der Waals surface area contributed by atoms with Crippen LogP contribution in [0.3, 0.4) is 0 Å². The van der Waals surface area contributed by atoms with Gasteiger partial charge in [-0.3, -0.25) is 5.10 Å². The third-order valence-corrected chi connectivity index (χ3v) is 1.97. The highest BCUT2D eigenvalue weighted by Gasteiger charge is 1.98. The number of H-pyrrole nitrogens is 1. The average molecular weight is 210 g/mol. The summed E-state index contributed by atoms with van der Waals surface area (Å²) >= 11 is 0. The summed E-state index contributed by atoms with van der Waals surface area (Å²) in [6.45, 7) is 0.571. The first-order chi connectivity index (χ1) is 6.40. The lowest BCUT2D eigenvalue weighted by molar-refractivity contribution is 1.07. The molecule has 0 radical (unpaired) electrons. The van der Waals surface area contributed by atoms with Gasteiger partial charge in [0.15, 0.2) is 0 Å². The quantitative estimate of drug-likeness (QED) is 0.795. The number of aromatic amines is 1. The zero-order chi connectivity index (χ0) is 9.10. The van der Waals surface area contributed by atoms with Crippen molar-refractivity contribution in [1.82, 2.24) is 10.2 Å². The van der Waals surface area contributed by atoms with Crippen molar-refractivity contribution in [2.75, 3.05) is 0 Å². The lowest BCUT2D eigenvalue weighted by atomic mass is 10.1. The van der Waals surface area contributed by atoms with Gasteiger partial charge in [-0.2, -0.15) is 5.10 Å². The second kappa shape index (κ2) is 4.79. The van der Waals surface area contributed by atoms with Crippen LogP contribution in [0.2, 0.25) is 0 Å². The van der Waals surface area contributed by atoms with Crippen LogP contribution in [0.1, 0.15) is 5.56 Å². The largest absolute Gasteiger partial charge is 0.326 e. The Morgan fingerprint density at radius 2 is 2.14 bits per heavy atom. The molecule has 74 valence electrons. The minimum atomic E-state index is 0. The second-order valence-electron chi connectivity index (χ2n) is 2.87. The number of nitrogens with zero attached hydrogens (tertiary/aromatic N) is 1. The number of nitrogens with two attached hydrogens (primary N) is 1. The fourth-order valence-corrected chi connectivity index (χ4v) is 1.28. The molecule has 0 fully saturated rings. The molecule has 3 nitrogen and oxygen atoms in total. The first-order valence-corrected chi connectivity index (χ1v) is 4.19. The molecule has 0 bridgehead atoms. The molecule has 0 amide bonds. The summed E-state index contributed by atoms with van der Waals surface area (Å²) in [5, 5.41) is 6.81. The van der Waals surface area contributed by atoms with Crippen LogP contribution in [0.25, 0.3) is 11.3 Å². The van der Waals surface area contributed by atoms with E-state index in [4.69, 9.17) is 5.73 Å². The number of hydrogen-bond acceptors (Lipinski definition) is 2. The van der Waals surface area contributed by atoms with Crippen LogP contribution in [-0.4, -0.2) is 10.2 Å². The number of benzene rings is 1. The van der Waals surface area contributed by atoms with Crippen molar-refractivity contribution in [2.45, 2.75) is 6.54 Å². The van der Waals surface area contributed by atoms with Crippen LogP contribution in [0.15, 0.2) is 36.5 Å². The molecule has 3 N–H and O–H groups in total. The summed E-state index contributed by atoms with van der Waals surface area (Å²) in [6.07, 6.45) is 1.74. The predicted molar refractivity (Wildman–Crippen MR) is 59.2 cm³/mol. The molecule has 0 aliphatic rings. The number of rotatable bonds is 2. The van der Waals surface area contributed by atoms with E-state index in [1.54, 1.807) is 6.20 Å². The molecule has 4 heteroatoms. The Morgan fingerprint density at radius 3 is 2.79 bits per heavy atom. The van der Waals surface area contributed by atoms with Crippen LogP contribution in [0.4, 0.5) is 0 Å². The molecule has 0 unspecified atom stereocenters. The van der Waals surface area contributed by atoms with Gasteiger partial charge in [0.2, 0.25) is 0 Å². The van der Waals surface area contributed by atoms with Gasteiger partial charge in [0.05, 0.1) is 5.69 Å². The van der Waals surface area contributed by atoms with Crippen molar-refractivity contribution in [1.29, 1.82) is 0 Å². The summed E-state index contributed by atoms with van der Waals surface area (Å²) in [5.74, 6) is 0. The summed E-state index contributed by atoms with van der Waals surface area (Å²) in [4.78, 5) is 0. The van der Waals surface area contributed by atoms with Crippen LogP contribution in [0.5, 0.6) is 0 Å². The summed E-state index contributed by atoms with van der Waals surface area (Å²) in [6, 6.07) is 10.0. The van der Waals surface area contributed by atoms with Gasteiger partial charge in [-0.1, -0.05) is 18.2 Å². The van der Waals surface area contributed by atoms with Crippen molar-refractivity contribution in [3.05, 3.63) is 42.1 Å². The highest BCUT2D eigenvalue weighted by molar-refractivity contribution is 5.85. The third kappa shape index (κ3) is 2.13. The molecule has 0 aliphatic heterocycles. The van der Waals surface area contributed by atoms with E-state index in [9.17, 15) is 0 Å². The maximum absolute atomic E-state index is 5.55. The van der Waals surface area contributed by atoms with E-state index < -0.39 is 0 Å². The number of nitrogens with one attached hydrogen (secondary N) is 1. The first kappa shape index (κ1) is 10.8. The van der Waals surface area contributed by atoms with Gasteiger partial charge in [0, 0.05) is 12.7 Å². The van der Waals surface area contributed by atoms with E-state index >= 15 is 0 Å². The fraction of sp³-hybridized carbons (Fsp3) is 0.100. The SMILES string of the molecule is Cl.NCc1cccc(-c2ccn[nH]2)c1. The first-order valence-electron chi connectivity index (χ1n) is 4.19. The van der Waals surface area contributed by atoms with Crippen molar-refractivity contribution in [3.63, 3.8) is 0 Å². The summed E-state index contributed by atoms with van der Waals surface area (Å²) in [7, 11) is 0. The van der Waals surface area contributed by atoms with Gasteiger partial charge in [0.1, 0.15) is 0 Å². The van der Waals surface area contributed by atoms with Gasteiger partial charge < -0.3 is 5.73 Å². The molecular formula is C10H12ClN3. The molecular weight excluding hydrogens is 198 g/mol. The molecule has 1 aromatic heterocycles. The highest BCUT2D eigenvalue weighted by Crippen LogP contribution is 2.16. The van der Waals surface area contributed by atoms with Crippen LogP contribution < -0.4 is 5.73 Å². The van der Waals surface area contributed by atoms with Crippen molar-refractivity contribution >= 4 is 12.4 Å². The molecule has 0 aliphatic carbocycles. The van der Waals surface area contributed by atoms with Gasteiger partial charge in [-0.15, -0.1) is 12.4 Å². The third-order valence-electron chi connectivity index (χ3n) is 1.97. The molecule has 14 heavy (non-hydrogen) atoms. The normalized spacial score (nSPS) is 9.50. The number of aromatic nitrogens is 2. The van der Waals surface area contributed by atoms with E-state index in [0.717, 1.165) is 16.8 Å². The molecule has 2 aromatic rings. The van der Waals surface area contributed by atoms with E-state index in [2.05, 4.69) is 16.3 Å². The Morgan fingerprint density at radius 1 is 1.29 bits per heavy atom. The van der Waals surface area contributed by atoms with Crippen LogP contribution in [0, 0.1) is 0 Å². The smallest absolute Gasteiger partial charge is 0.0650 e. The Bertz CT molecular complexity index is 384. The van der Waals surface area contributed by atoms with E-state index in [-0.39, 0.29) is 12.4 Å². The number of halogens is 1. The zero-order valence-corrected chi connectivity index (χ0v) is 8.42. The molecule has 1 aromatic carbocycles. The van der Waals surface area contributed by atoms with Gasteiger partial charge in [-0.05, 0) is 23.3 Å². The molecule has 1 heterocycles. The molecule has 0 atom stereocenters. The van der Waals surface area contributed by atoms with Gasteiger partial charge in [0.25, 0.3) is 0 Å². The Balaban J connectivity index is 0.000000980. The lowest BCUT2D eigenvalue weighted by Crippen LogP contribution is -1.95. The lowest BCUT2D eigenvalue weighted by Gasteiger charge is -2.00. The summed E-state index contributed by atoms with van der Waals surface area (Å²) < 4.78 is 0. The standard InChI is InChI=1S/C10H11N3.ClH/c11-7-8-2-1-3-9(6-8)10-4-5-12-13-10;/h1-6H,7,11H2,(H,12,13);1H. The molecule has 0 saturated carbocycles. The predicted octanol–water partition coefficient (Wildman–Crippen LogP) is 1.96. The van der Waals surface area contributed by atoms with Crippen molar-refractivity contribution in [2.24, 2.45) is 5.73 Å². The second-order valence-corrected chi connectivity index (χ2v) is 2.87. The maximum Gasteiger partial charge on any atom is 0.0650 e. The molecule has 0 spiro atoms. The minimum absolute atomic E-state index is 0. The maximum atomic E-state index is 5.55. The fourth-order valence-electron chi connectivity index (χ4n) is 1.28. The molecule has 0 saturated heterocycles. The topological polar surface area (TPSA) is 54.7 Å². The van der Waals surface area contributed by atoms with Crippen molar-refractivity contribution < 1.29 is 0 Å². The van der Waals surface area contributed by atoms with E-state index in [1.807, 2.05) is 24.3 Å². The Labute approximate surface area is 88.7 Å². The number of hydrogen-bond donors (Lipinski definition) is 2. The Kier molecular flexibility index (Phi) is 3.68. The van der Waals surface area contributed by atoms with E-state index in [1.165, 1.54) is 0 Å². The average Bonchev–Trinajstić information content (AvgIpc) is 2.71. The van der Waals surface area contributed by atoms with Crippen LogP contribution >= 0.6 is 12.4 Å². The van der Waals surface area contributed by atoms with Crippen LogP contribution in [-0.2, 0) is 6.54 Å². The Hall–Kier alpha value is -1.32. The summed E-state index contributed by atoms with van der Waals surface area (Å²) in [5.41, 5.74) is 8.83. The minimum Gasteiger partial charge on any atom is -0.326 e. The van der Waals surface area contributed by atoms with E-state index in [0.29, 0.717) is 6.54 Å². The van der Waals surface area contributed by atoms with Gasteiger partial charge in [-0.25, -0.2) is 0 Å².